The van der Waals surface area contributed by atoms with Crippen molar-refractivity contribution in [2.24, 2.45) is 5.92 Å². The van der Waals surface area contributed by atoms with Gasteiger partial charge in [0.2, 0.25) is 0 Å². The van der Waals surface area contributed by atoms with Crippen LogP contribution in [0.15, 0.2) is 48.5 Å². The van der Waals surface area contributed by atoms with Crippen molar-refractivity contribution in [2.45, 2.75) is 39.2 Å². The number of nitrogens with one attached hydrogen (secondary N) is 1. The zero-order valence-electron chi connectivity index (χ0n) is 17.6. The third-order valence-electron chi connectivity index (χ3n) is 4.94. The predicted octanol–water partition coefficient (Wildman–Crippen LogP) is 3.84. The van der Waals surface area contributed by atoms with Gasteiger partial charge in [-0.05, 0) is 35.6 Å². The summed E-state index contributed by atoms with van der Waals surface area (Å²) < 4.78 is 16.6. The van der Waals surface area contributed by atoms with Crippen LogP contribution in [0.4, 0.5) is 0 Å². The van der Waals surface area contributed by atoms with Gasteiger partial charge in [0.25, 0.3) is 5.91 Å². The maximum atomic E-state index is 12.4. The van der Waals surface area contributed by atoms with Gasteiger partial charge in [-0.25, -0.2) is 0 Å². The summed E-state index contributed by atoms with van der Waals surface area (Å²) in [6.45, 7) is 5.00. The van der Waals surface area contributed by atoms with Crippen LogP contribution in [-0.4, -0.2) is 31.7 Å². The molecule has 1 aliphatic heterocycles. The number of rotatable bonds is 8. The van der Waals surface area contributed by atoms with Crippen LogP contribution < -0.4 is 14.8 Å². The molecule has 0 fully saturated rings. The number of esters is 1. The Balaban J connectivity index is 1.53. The minimum Gasteiger partial charge on any atom is -0.490 e. The minimum absolute atomic E-state index is 0.146. The molecule has 3 rings (SSSR count). The van der Waals surface area contributed by atoms with E-state index in [0.29, 0.717) is 25.4 Å². The van der Waals surface area contributed by atoms with E-state index < -0.39 is 0 Å². The van der Waals surface area contributed by atoms with Crippen LogP contribution in [0.2, 0.25) is 0 Å². The van der Waals surface area contributed by atoms with E-state index in [4.69, 9.17) is 14.2 Å². The van der Waals surface area contributed by atoms with Crippen LogP contribution in [0.25, 0.3) is 0 Å². The minimum atomic E-state index is -0.384. The standard InChI is InChI=1S/C24H29NO5/c1-17(2)24(19-10-11-20-21(15-19)29-14-6-13-28-20)25-22(26)16-30-23(27)12-9-18-7-4-3-5-8-18/h3-5,7-8,10-11,15,17,24H,6,9,12-14,16H2,1-2H3,(H,25,26)/t24-/m1/s1. The lowest BCUT2D eigenvalue weighted by Crippen LogP contribution is -2.35. The summed E-state index contributed by atoms with van der Waals surface area (Å²) in [5.41, 5.74) is 1.99. The molecule has 1 heterocycles. The fraction of sp³-hybridized carbons (Fsp3) is 0.417. The van der Waals surface area contributed by atoms with Crippen LogP contribution >= 0.6 is 0 Å². The molecule has 0 bridgehead atoms. The quantitative estimate of drug-likeness (QED) is 0.668. The number of aryl methyl sites for hydroxylation is 1. The van der Waals surface area contributed by atoms with Crippen molar-refractivity contribution in [1.29, 1.82) is 0 Å². The SMILES string of the molecule is CC(C)[C@@H](NC(=O)COC(=O)CCc1ccccc1)c1ccc2c(c1)OCCCO2. The van der Waals surface area contributed by atoms with Gasteiger partial charge in [0.05, 0.1) is 19.3 Å². The van der Waals surface area contributed by atoms with Crippen LogP contribution in [0.1, 0.15) is 43.9 Å². The second kappa shape index (κ2) is 10.7. The number of benzene rings is 2. The molecule has 1 atom stereocenters. The highest BCUT2D eigenvalue weighted by Crippen LogP contribution is 2.34. The normalized spacial score (nSPS) is 14.0. The first kappa shape index (κ1) is 21.7. The van der Waals surface area contributed by atoms with Gasteiger partial charge in [0.15, 0.2) is 18.1 Å². The smallest absolute Gasteiger partial charge is 0.306 e. The van der Waals surface area contributed by atoms with Crippen molar-refractivity contribution in [3.63, 3.8) is 0 Å². The molecule has 0 radical (unpaired) electrons. The first-order valence-electron chi connectivity index (χ1n) is 10.4. The Bertz CT molecular complexity index is 850. The van der Waals surface area contributed by atoms with Gasteiger partial charge in [-0.15, -0.1) is 0 Å². The van der Waals surface area contributed by atoms with E-state index >= 15 is 0 Å². The Morgan fingerprint density at radius 3 is 2.50 bits per heavy atom. The molecule has 1 N–H and O–H groups in total. The number of ether oxygens (including phenoxy) is 3. The van der Waals surface area contributed by atoms with Crippen LogP contribution in [-0.2, 0) is 20.7 Å². The maximum absolute atomic E-state index is 12.4. The van der Waals surface area contributed by atoms with E-state index in [0.717, 1.165) is 23.3 Å². The van der Waals surface area contributed by atoms with Gasteiger partial charge in [-0.2, -0.15) is 0 Å². The lowest BCUT2D eigenvalue weighted by Gasteiger charge is -2.23. The molecule has 2 aromatic carbocycles. The molecule has 160 valence electrons. The van der Waals surface area contributed by atoms with E-state index in [-0.39, 0.29) is 36.9 Å². The summed E-state index contributed by atoms with van der Waals surface area (Å²) in [5, 5.41) is 2.97. The molecular weight excluding hydrogens is 382 g/mol. The van der Waals surface area contributed by atoms with Crippen molar-refractivity contribution < 1.29 is 23.8 Å². The topological polar surface area (TPSA) is 73.9 Å². The maximum Gasteiger partial charge on any atom is 0.306 e. The highest BCUT2D eigenvalue weighted by molar-refractivity contribution is 5.81. The Labute approximate surface area is 177 Å². The van der Waals surface area contributed by atoms with E-state index in [1.54, 1.807) is 0 Å². The third-order valence-corrected chi connectivity index (χ3v) is 4.94. The monoisotopic (exact) mass is 411 g/mol. The second-order valence-electron chi connectivity index (χ2n) is 7.69. The summed E-state index contributed by atoms with van der Waals surface area (Å²) in [5.74, 6) is 0.849. The fourth-order valence-corrected chi connectivity index (χ4v) is 3.33. The third kappa shape index (κ3) is 6.24. The van der Waals surface area contributed by atoms with Crippen molar-refractivity contribution in [3.05, 3.63) is 59.7 Å². The molecule has 0 spiro atoms. The Hall–Kier alpha value is -3.02. The molecule has 2 aromatic rings. The molecule has 0 aromatic heterocycles. The number of hydrogen-bond acceptors (Lipinski definition) is 5. The fourth-order valence-electron chi connectivity index (χ4n) is 3.33. The van der Waals surface area contributed by atoms with Gasteiger partial charge in [-0.3, -0.25) is 9.59 Å². The van der Waals surface area contributed by atoms with Crippen LogP contribution in [0, 0.1) is 5.92 Å². The Morgan fingerprint density at radius 1 is 1.03 bits per heavy atom. The van der Waals surface area contributed by atoms with E-state index in [1.807, 2.05) is 62.4 Å². The summed E-state index contributed by atoms with van der Waals surface area (Å²) in [6, 6.07) is 15.2. The molecule has 0 aliphatic carbocycles. The van der Waals surface area contributed by atoms with Crippen molar-refractivity contribution in [1.82, 2.24) is 5.32 Å². The molecule has 0 saturated carbocycles. The molecule has 0 saturated heterocycles. The van der Waals surface area contributed by atoms with Gasteiger partial charge in [-0.1, -0.05) is 50.2 Å². The molecule has 6 heteroatoms. The zero-order chi connectivity index (χ0) is 21.3. The van der Waals surface area contributed by atoms with Crippen molar-refractivity contribution >= 4 is 11.9 Å². The largest absolute Gasteiger partial charge is 0.490 e. The summed E-state index contributed by atoms with van der Waals surface area (Å²) in [4.78, 5) is 24.4. The number of fused-ring (bicyclic) bond motifs is 1. The van der Waals surface area contributed by atoms with Gasteiger partial charge in [0.1, 0.15) is 0 Å². The van der Waals surface area contributed by atoms with Gasteiger partial charge < -0.3 is 19.5 Å². The lowest BCUT2D eigenvalue weighted by molar-refractivity contribution is -0.148. The molecule has 1 aliphatic rings. The molecule has 0 unspecified atom stereocenters. The summed E-state index contributed by atoms with van der Waals surface area (Å²) in [7, 11) is 0. The first-order valence-corrected chi connectivity index (χ1v) is 10.4. The zero-order valence-corrected chi connectivity index (χ0v) is 17.6. The van der Waals surface area contributed by atoms with E-state index in [9.17, 15) is 9.59 Å². The number of hydrogen-bond donors (Lipinski definition) is 1. The summed E-state index contributed by atoms with van der Waals surface area (Å²) >= 11 is 0. The Morgan fingerprint density at radius 2 is 1.77 bits per heavy atom. The van der Waals surface area contributed by atoms with Crippen LogP contribution in [0.3, 0.4) is 0 Å². The highest BCUT2D eigenvalue weighted by Gasteiger charge is 2.21. The average Bonchev–Trinajstić information content (AvgIpc) is 3.00. The predicted molar refractivity (Wildman–Crippen MR) is 113 cm³/mol. The Kier molecular flexibility index (Phi) is 7.71. The van der Waals surface area contributed by atoms with E-state index in [2.05, 4.69) is 5.32 Å². The average molecular weight is 411 g/mol. The molecule has 1 amide bonds. The van der Waals surface area contributed by atoms with Gasteiger partial charge in [0, 0.05) is 12.8 Å². The number of carbonyl (C=O) groups excluding carboxylic acids is 2. The summed E-state index contributed by atoms with van der Waals surface area (Å²) in [6.07, 6.45) is 1.67. The number of amides is 1. The van der Waals surface area contributed by atoms with Crippen LogP contribution in [0.5, 0.6) is 11.5 Å². The second-order valence-corrected chi connectivity index (χ2v) is 7.69. The number of carbonyl (C=O) groups is 2. The van der Waals surface area contributed by atoms with E-state index in [1.165, 1.54) is 0 Å². The van der Waals surface area contributed by atoms with Crippen molar-refractivity contribution in [3.8, 4) is 11.5 Å². The highest BCUT2D eigenvalue weighted by atomic mass is 16.5. The van der Waals surface area contributed by atoms with Gasteiger partial charge >= 0.3 is 5.97 Å². The molecule has 30 heavy (non-hydrogen) atoms. The molecule has 6 nitrogen and oxygen atoms in total. The first-order chi connectivity index (χ1) is 14.5. The molecular formula is C24H29NO5. The lowest BCUT2D eigenvalue weighted by atomic mass is 9.95. The van der Waals surface area contributed by atoms with Crippen molar-refractivity contribution in [2.75, 3.05) is 19.8 Å².